The molecule has 0 fully saturated rings. The number of hydrogen-bond donors (Lipinski definition) is 2. The number of hydrogen-bond acceptors (Lipinski definition) is 4. The van der Waals surface area contributed by atoms with Gasteiger partial charge in [0.2, 0.25) is 11.8 Å². The highest BCUT2D eigenvalue weighted by Crippen LogP contribution is 2.07. The maximum absolute atomic E-state index is 12.2. The summed E-state index contributed by atoms with van der Waals surface area (Å²) in [4.78, 5) is 27.7. The van der Waals surface area contributed by atoms with Gasteiger partial charge in [0, 0.05) is 32.1 Å². The van der Waals surface area contributed by atoms with E-state index < -0.39 is 6.04 Å². The van der Waals surface area contributed by atoms with E-state index in [9.17, 15) is 9.59 Å². The van der Waals surface area contributed by atoms with E-state index >= 15 is 0 Å². The predicted molar refractivity (Wildman–Crippen MR) is 85.6 cm³/mol. The maximum atomic E-state index is 12.2. The van der Waals surface area contributed by atoms with Crippen molar-refractivity contribution in [3.05, 3.63) is 42.4 Å². The first-order valence-corrected chi connectivity index (χ1v) is 7.47. The number of nitrogens with one attached hydrogen (secondary N) is 2. The Labute approximate surface area is 135 Å². The van der Waals surface area contributed by atoms with Gasteiger partial charge in [-0.1, -0.05) is 13.8 Å². The summed E-state index contributed by atoms with van der Waals surface area (Å²) in [6.45, 7) is 5.55. The summed E-state index contributed by atoms with van der Waals surface area (Å²) in [5, 5.41) is 9.65. The Morgan fingerprint density at radius 1 is 1.30 bits per heavy atom. The van der Waals surface area contributed by atoms with E-state index in [-0.39, 0.29) is 17.7 Å². The summed E-state index contributed by atoms with van der Waals surface area (Å²) in [6, 6.07) is 4.96. The van der Waals surface area contributed by atoms with Crippen LogP contribution < -0.4 is 10.6 Å². The third-order valence-corrected chi connectivity index (χ3v) is 3.32. The molecule has 0 radical (unpaired) electrons. The fourth-order valence-corrected chi connectivity index (χ4v) is 2.15. The SMILES string of the molecule is CC(=O)N[C@@H](C(=O)NCc1ccnc(-n2cccn2)c1)C(C)C. The topological polar surface area (TPSA) is 88.9 Å². The highest BCUT2D eigenvalue weighted by atomic mass is 16.2. The van der Waals surface area contributed by atoms with Crippen LogP contribution in [0.5, 0.6) is 0 Å². The zero-order valence-corrected chi connectivity index (χ0v) is 13.5. The van der Waals surface area contributed by atoms with Crippen LogP contribution in [0.4, 0.5) is 0 Å². The maximum Gasteiger partial charge on any atom is 0.243 e. The van der Waals surface area contributed by atoms with Crippen LogP contribution in [0.25, 0.3) is 5.82 Å². The molecule has 1 atom stereocenters. The molecule has 2 heterocycles. The van der Waals surface area contributed by atoms with E-state index in [0.717, 1.165) is 5.56 Å². The molecular weight excluding hydrogens is 294 g/mol. The molecule has 7 nitrogen and oxygen atoms in total. The molecule has 7 heteroatoms. The molecule has 2 amide bonds. The average Bonchev–Trinajstić information content (AvgIpc) is 3.04. The van der Waals surface area contributed by atoms with Gasteiger partial charge < -0.3 is 10.6 Å². The molecule has 122 valence electrons. The second-order valence-corrected chi connectivity index (χ2v) is 5.61. The van der Waals surface area contributed by atoms with Gasteiger partial charge in [-0.05, 0) is 29.7 Å². The largest absolute Gasteiger partial charge is 0.350 e. The van der Waals surface area contributed by atoms with E-state index in [2.05, 4.69) is 20.7 Å². The number of nitrogens with zero attached hydrogens (tertiary/aromatic N) is 3. The first-order valence-electron chi connectivity index (χ1n) is 7.47. The number of carbonyl (C=O) groups is 2. The molecule has 0 unspecified atom stereocenters. The molecule has 0 aliphatic heterocycles. The minimum absolute atomic E-state index is 0.0102. The lowest BCUT2D eigenvalue weighted by Crippen LogP contribution is -2.48. The monoisotopic (exact) mass is 315 g/mol. The molecule has 0 aliphatic rings. The molecule has 0 spiro atoms. The van der Waals surface area contributed by atoms with Crippen molar-refractivity contribution in [3.63, 3.8) is 0 Å². The van der Waals surface area contributed by atoms with Gasteiger partial charge in [0.15, 0.2) is 5.82 Å². The summed E-state index contributed by atoms with van der Waals surface area (Å²) >= 11 is 0. The number of amides is 2. The Bertz CT molecular complexity index is 667. The lowest BCUT2D eigenvalue weighted by Gasteiger charge is -2.21. The third-order valence-electron chi connectivity index (χ3n) is 3.32. The van der Waals surface area contributed by atoms with Gasteiger partial charge in [0.25, 0.3) is 0 Å². The fraction of sp³-hybridized carbons (Fsp3) is 0.375. The molecule has 0 bridgehead atoms. The second-order valence-electron chi connectivity index (χ2n) is 5.61. The standard InChI is InChI=1S/C16H21N5O2/c1-11(2)15(20-12(3)22)16(23)18-10-13-5-7-17-14(9-13)21-8-4-6-19-21/h4-9,11,15H,10H2,1-3H3,(H,18,23)(H,20,22)/t15-/m1/s1. The Kier molecular flexibility index (Phi) is 5.46. The molecule has 23 heavy (non-hydrogen) atoms. The average molecular weight is 315 g/mol. The summed E-state index contributed by atoms with van der Waals surface area (Å²) in [6.07, 6.45) is 5.15. The van der Waals surface area contributed by atoms with Crippen molar-refractivity contribution >= 4 is 11.8 Å². The van der Waals surface area contributed by atoms with Crippen molar-refractivity contribution in [2.24, 2.45) is 5.92 Å². The molecule has 2 rings (SSSR count). The number of pyridine rings is 1. The van der Waals surface area contributed by atoms with Crippen LogP contribution in [0.3, 0.4) is 0 Å². The minimum Gasteiger partial charge on any atom is -0.350 e. The zero-order valence-electron chi connectivity index (χ0n) is 13.5. The zero-order chi connectivity index (χ0) is 16.8. The van der Waals surface area contributed by atoms with Crippen LogP contribution in [0.1, 0.15) is 26.3 Å². The van der Waals surface area contributed by atoms with Crippen LogP contribution in [-0.4, -0.2) is 32.6 Å². The highest BCUT2D eigenvalue weighted by molar-refractivity contribution is 5.87. The lowest BCUT2D eigenvalue weighted by atomic mass is 10.0. The fourth-order valence-electron chi connectivity index (χ4n) is 2.15. The summed E-state index contributed by atoms with van der Waals surface area (Å²) in [7, 11) is 0. The number of rotatable bonds is 6. The van der Waals surface area contributed by atoms with Crippen LogP contribution in [0, 0.1) is 5.92 Å². The minimum atomic E-state index is -0.542. The highest BCUT2D eigenvalue weighted by Gasteiger charge is 2.22. The number of aromatic nitrogens is 3. The van der Waals surface area contributed by atoms with E-state index in [4.69, 9.17) is 0 Å². The Balaban J connectivity index is 2.01. The Hall–Kier alpha value is -2.70. The summed E-state index contributed by atoms with van der Waals surface area (Å²) < 4.78 is 1.65. The van der Waals surface area contributed by atoms with Gasteiger partial charge in [0.05, 0.1) is 0 Å². The molecule has 0 saturated heterocycles. The number of carbonyl (C=O) groups excluding carboxylic acids is 2. The Morgan fingerprint density at radius 2 is 2.09 bits per heavy atom. The van der Waals surface area contributed by atoms with Crippen molar-refractivity contribution in [1.82, 2.24) is 25.4 Å². The van der Waals surface area contributed by atoms with Crippen molar-refractivity contribution < 1.29 is 9.59 Å². The molecule has 0 aromatic carbocycles. The molecular formula is C16H21N5O2. The van der Waals surface area contributed by atoms with Crippen LogP contribution in [-0.2, 0) is 16.1 Å². The molecule has 0 aliphatic carbocycles. The quantitative estimate of drug-likeness (QED) is 0.834. The van der Waals surface area contributed by atoms with Gasteiger partial charge in [-0.3, -0.25) is 9.59 Å². The second kappa shape index (κ2) is 7.53. The molecule has 2 aromatic heterocycles. The first kappa shape index (κ1) is 16.7. The molecule has 2 N–H and O–H groups in total. The van der Waals surface area contributed by atoms with E-state index in [1.54, 1.807) is 23.3 Å². The molecule has 2 aromatic rings. The van der Waals surface area contributed by atoms with Crippen molar-refractivity contribution in [1.29, 1.82) is 0 Å². The van der Waals surface area contributed by atoms with Crippen LogP contribution in [0.15, 0.2) is 36.8 Å². The first-order chi connectivity index (χ1) is 11.0. The van der Waals surface area contributed by atoms with Crippen molar-refractivity contribution in [2.45, 2.75) is 33.4 Å². The van der Waals surface area contributed by atoms with Gasteiger partial charge in [-0.2, -0.15) is 5.10 Å². The van der Waals surface area contributed by atoms with Crippen LogP contribution >= 0.6 is 0 Å². The van der Waals surface area contributed by atoms with E-state index in [0.29, 0.717) is 12.4 Å². The third kappa shape index (κ3) is 4.64. The van der Waals surface area contributed by atoms with Crippen LogP contribution in [0.2, 0.25) is 0 Å². The lowest BCUT2D eigenvalue weighted by molar-refractivity contribution is -0.129. The molecule has 0 saturated carbocycles. The summed E-state index contributed by atoms with van der Waals surface area (Å²) in [5.41, 5.74) is 0.907. The smallest absolute Gasteiger partial charge is 0.243 e. The van der Waals surface area contributed by atoms with Gasteiger partial charge in [-0.15, -0.1) is 0 Å². The predicted octanol–water partition coefficient (Wildman–Crippen LogP) is 1.04. The van der Waals surface area contributed by atoms with Crippen molar-refractivity contribution in [3.8, 4) is 5.82 Å². The van der Waals surface area contributed by atoms with Gasteiger partial charge in [0.1, 0.15) is 6.04 Å². The summed E-state index contributed by atoms with van der Waals surface area (Å²) in [5.74, 6) is 0.274. The normalized spacial score (nSPS) is 12.0. The van der Waals surface area contributed by atoms with Gasteiger partial charge >= 0.3 is 0 Å². The Morgan fingerprint density at radius 3 is 2.70 bits per heavy atom. The van der Waals surface area contributed by atoms with Gasteiger partial charge in [-0.25, -0.2) is 9.67 Å². The van der Waals surface area contributed by atoms with Crippen molar-refractivity contribution in [2.75, 3.05) is 0 Å². The van der Waals surface area contributed by atoms with E-state index in [1.165, 1.54) is 6.92 Å². The van der Waals surface area contributed by atoms with E-state index in [1.807, 2.05) is 32.0 Å².